The Morgan fingerprint density at radius 1 is 1.24 bits per heavy atom. The Balaban J connectivity index is 1.54. The Hall–Kier alpha value is -3.30. The van der Waals surface area contributed by atoms with Crippen molar-refractivity contribution >= 4 is 29.5 Å². The van der Waals surface area contributed by atoms with Crippen molar-refractivity contribution in [2.75, 3.05) is 11.1 Å². The summed E-state index contributed by atoms with van der Waals surface area (Å²) in [7, 11) is 0. The Morgan fingerprint density at radius 2 is 2.00 bits per heavy atom. The van der Waals surface area contributed by atoms with Crippen molar-refractivity contribution in [1.29, 1.82) is 0 Å². The molecule has 0 radical (unpaired) electrons. The first-order chi connectivity index (χ1) is 13.9. The normalized spacial score (nSPS) is 24.1. The summed E-state index contributed by atoms with van der Waals surface area (Å²) in [4.78, 5) is 39.1. The molecule has 1 aromatic heterocycles. The number of imide groups is 1. The topological polar surface area (TPSA) is 126 Å². The van der Waals surface area contributed by atoms with E-state index in [1.54, 1.807) is 0 Å². The van der Waals surface area contributed by atoms with Crippen molar-refractivity contribution < 1.29 is 14.0 Å². The van der Waals surface area contributed by atoms with Crippen LogP contribution in [0.25, 0.3) is 0 Å². The quantitative estimate of drug-likeness (QED) is 0.674. The van der Waals surface area contributed by atoms with Crippen LogP contribution in [0.2, 0.25) is 0 Å². The number of nitrogens with two attached hydrogens (primary N) is 1. The smallest absolute Gasteiger partial charge is 0.325 e. The van der Waals surface area contributed by atoms with Crippen LogP contribution in [-0.2, 0) is 11.3 Å². The highest BCUT2D eigenvalue weighted by atomic mass is 19.1. The molecule has 0 unspecified atom stereocenters. The second kappa shape index (κ2) is 7.26. The van der Waals surface area contributed by atoms with Crippen LogP contribution in [0.15, 0.2) is 24.3 Å². The van der Waals surface area contributed by atoms with Gasteiger partial charge in [-0.25, -0.2) is 9.18 Å². The molecule has 10 heteroatoms. The molecule has 2 aliphatic rings. The van der Waals surface area contributed by atoms with E-state index in [1.807, 2.05) is 6.92 Å². The third-order valence-electron chi connectivity index (χ3n) is 5.60. The lowest BCUT2D eigenvalue weighted by atomic mass is 9.73. The third kappa shape index (κ3) is 3.57. The highest BCUT2D eigenvalue weighted by Crippen LogP contribution is 2.38. The van der Waals surface area contributed by atoms with E-state index in [0.29, 0.717) is 12.1 Å². The lowest BCUT2D eigenvalue weighted by Crippen LogP contribution is -2.53. The van der Waals surface area contributed by atoms with E-state index >= 15 is 0 Å². The molecule has 3 amide bonds. The van der Waals surface area contributed by atoms with Crippen LogP contribution < -0.4 is 16.4 Å². The highest BCUT2D eigenvalue weighted by Gasteiger charge is 2.54. The summed E-state index contributed by atoms with van der Waals surface area (Å²) in [5.74, 6) is -0.264. The van der Waals surface area contributed by atoms with E-state index < -0.39 is 11.6 Å². The van der Waals surface area contributed by atoms with E-state index in [2.05, 4.69) is 25.6 Å². The fourth-order valence-corrected chi connectivity index (χ4v) is 4.01. The number of urea groups is 1. The summed E-state index contributed by atoms with van der Waals surface area (Å²) in [5.41, 5.74) is 5.49. The molecule has 1 aliphatic carbocycles. The van der Waals surface area contributed by atoms with Crippen LogP contribution in [0.5, 0.6) is 0 Å². The number of hydrogen-bond donors (Lipinski definition) is 3. The molecular weight excluding hydrogens is 377 g/mol. The minimum atomic E-state index is -0.844. The lowest BCUT2D eigenvalue weighted by Gasteiger charge is -2.36. The molecule has 2 atom stereocenters. The van der Waals surface area contributed by atoms with Crippen molar-refractivity contribution in [3.63, 3.8) is 0 Å². The molecule has 2 heterocycles. The van der Waals surface area contributed by atoms with E-state index in [4.69, 9.17) is 5.73 Å². The van der Waals surface area contributed by atoms with Gasteiger partial charge in [-0.05, 0) is 43.0 Å². The Morgan fingerprint density at radius 3 is 2.72 bits per heavy atom. The Bertz CT molecular complexity index is 952. The largest absolute Gasteiger partial charge is 0.368 e. The van der Waals surface area contributed by atoms with Gasteiger partial charge in [-0.3, -0.25) is 9.69 Å². The number of nitrogens with one attached hydrogen (secondary N) is 2. The standard InChI is InChI=1S/C19H22FN7O2/c1-11-4-2-3-9-19(11)15(28)27(18(29)26-19)10-14-23-16(21)25-17(24-14)22-13-7-5-12(20)6-8-13/h5-8,11H,2-4,9-10H2,1H3,(H,26,29)(H3,21,22,23,24,25)/t11-,19+/m1/s1. The first-order valence-electron chi connectivity index (χ1n) is 9.54. The van der Waals surface area contributed by atoms with Gasteiger partial charge in [0.25, 0.3) is 5.91 Å². The number of carbonyl (C=O) groups is 2. The maximum Gasteiger partial charge on any atom is 0.325 e. The van der Waals surface area contributed by atoms with Crippen molar-refractivity contribution in [2.45, 2.75) is 44.7 Å². The van der Waals surface area contributed by atoms with E-state index in [-0.39, 0.29) is 41.9 Å². The molecule has 29 heavy (non-hydrogen) atoms. The summed E-state index contributed by atoms with van der Waals surface area (Å²) in [6.07, 6.45) is 3.47. The number of hydrogen-bond acceptors (Lipinski definition) is 7. The number of carbonyl (C=O) groups excluding carboxylic acids is 2. The van der Waals surface area contributed by atoms with Gasteiger partial charge >= 0.3 is 6.03 Å². The molecule has 4 N–H and O–H groups in total. The number of benzene rings is 1. The lowest BCUT2D eigenvalue weighted by molar-refractivity contribution is -0.134. The molecule has 1 saturated heterocycles. The maximum atomic E-state index is 13.1. The zero-order valence-electron chi connectivity index (χ0n) is 16.0. The fourth-order valence-electron chi connectivity index (χ4n) is 4.01. The third-order valence-corrected chi connectivity index (χ3v) is 5.60. The number of amides is 3. The second-order valence-corrected chi connectivity index (χ2v) is 7.50. The van der Waals surface area contributed by atoms with E-state index in [1.165, 1.54) is 24.3 Å². The van der Waals surface area contributed by atoms with E-state index in [0.717, 1.165) is 24.2 Å². The molecule has 1 saturated carbocycles. The van der Waals surface area contributed by atoms with Crippen LogP contribution in [0.4, 0.5) is 26.8 Å². The van der Waals surface area contributed by atoms with Gasteiger partial charge in [0.2, 0.25) is 11.9 Å². The number of aromatic nitrogens is 3. The Labute approximate surface area is 166 Å². The zero-order chi connectivity index (χ0) is 20.6. The van der Waals surface area contributed by atoms with Crippen molar-refractivity contribution in [2.24, 2.45) is 5.92 Å². The minimum absolute atomic E-state index is 0.0487. The first kappa shape index (κ1) is 19.0. The molecule has 1 aliphatic heterocycles. The molecule has 2 fully saturated rings. The van der Waals surface area contributed by atoms with Gasteiger partial charge in [-0.2, -0.15) is 15.0 Å². The van der Waals surface area contributed by atoms with Gasteiger partial charge in [-0.1, -0.05) is 19.8 Å². The summed E-state index contributed by atoms with van der Waals surface area (Å²) in [5, 5.41) is 5.81. The highest BCUT2D eigenvalue weighted by molar-refractivity contribution is 6.07. The number of anilines is 3. The SMILES string of the molecule is C[C@@H]1CCCC[C@]12NC(=O)N(Cc1nc(N)nc(Nc3ccc(F)cc3)n1)C2=O. The summed E-state index contributed by atoms with van der Waals surface area (Å²) in [6.45, 7) is 1.89. The van der Waals surface area contributed by atoms with Gasteiger partial charge < -0.3 is 16.4 Å². The van der Waals surface area contributed by atoms with Crippen molar-refractivity contribution in [1.82, 2.24) is 25.2 Å². The summed E-state index contributed by atoms with van der Waals surface area (Å²) < 4.78 is 13.1. The van der Waals surface area contributed by atoms with Gasteiger partial charge in [0.1, 0.15) is 11.4 Å². The molecular formula is C19H22FN7O2. The van der Waals surface area contributed by atoms with Crippen LogP contribution >= 0.6 is 0 Å². The predicted octanol–water partition coefficient (Wildman–Crippen LogP) is 2.34. The minimum Gasteiger partial charge on any atom is -0.368 e. The van der Waals surface area contributed by atoms with Crippen LogP contribution in [0, 0.1) is 11.7 Å². The molecule has 1 spiro atoms. The molecule has 1 aromatic carbocycles. The number of rotatable bonds is 4. The van der Waals surface area contributed by atoms with Crippen LogP contribution in [0.1, 0.15) is 38.4 Å². The number of nitrogen functional groups attached to an aromatic ring is 1. The predicted molar refractivity (Wildman–Crippen MR) is 103 cm³/mol. The zero-order valence-corrected chi connectivity index (χ0v) is 16.0. The maximum absolute atomic E-state index is 13.1. The number of nitrogens with zero attached hydrogens (tertiary/aromatic N) is 4. The first-order valence-corrected chi connectivity index (χ1v) is 9.54. The molecule has 9 nitrogen and oxygen atoms in total. The second-order valence-electron chi connectivity index (χ2n) is 7.50. The van der Waals surface area contributed by atoms with Crippen LogP contribution in [0.3, 0.4) is 0 Å². The summed E-state index contributed by atoms with van der Waals surface area (Å²) in [6, 6.07) is 5.20. The molecule has 0 bridgehead atoms. The van der Waals surface area contributed by atoms with Crippen molar-refractivity contribution in [3.8, 4) is 0 Å². The van der Waals surface area contributed by atoms with E-state index in [9.17, 15) is 14.0 Å². The average molecular weight is 399 g/mol. The monoisotopic (exact) mass is 399 g/mol. The Kier molecular flexibility index (Phi) is 4.77. The van der Waals surface area contributed by atoms with Crippen molar-refractivity contribution in [3.05, 3.63) is 35.9 Å². The van der Waals surface area contributed by atoms with Gasteiger partial charge in [0, 0.05) is 5.69 Å². The molecule has 2 aromatic rings. The van der Waals surface area contributed by atoms with Gasteiger partial charge in [0.05, 0.1) is 6.54 Å². The fraction of sp³-hybridized carbons (Fsp3) is 0.421. The van der Waals surface area contributed by atoms with Gasteiger partial charge in [-0.15, -0.1) is 0 Å². The summed E-state index contributed by atoms with van der Waals surface area (Å²) >= 11 is 0. The van der Waals surface area contributed by atoms with Crippen LogP contribution in [-0.4, -0.2) is 37.3 Å². The average Bonchev–Trinajstić information content (AvgIpc) is 2.91. The molecule has 152 valence electrons. The van der Waals surface area contributed by atoms with Gasteiger partial charge in [0.15, 0.2) is 5.82 Å². The number of halogens is 1. The molecule has 4 rings (SSSR count).